The maximum absolute atomic E-state index is 12.9. The highest BCUT2D eigenvalue weighted by Gasteiger charge is 2.35. The van der Waals surface area contributed by atoms with E-state index in [4.69, 9.17) is 10.5 Å². The monoisotopic (exact) mass is 731 g/mol. The number of nitrogens with zero attached hydrogens (tertiary/aromatic N) is 8. The summed E-state index contributed by atoms with van der Waals surface area (Å²) in [5, 5.41) is 24.2. The quantitative estimate of drug-likeness (QED) is 0.0952. The number of nitrogen functional groups attached to an aromatic ring is 1. The predicted octanol–water partition coefficient (Wildman–Crippen LogP) is 4.23. The highest BCUT2D eigenvalue weighted by atomic mass is 16.5. The number of carboxylic acid groups (broad SMARTS) is 1. The molecule has 1 aliphatic heterocycles. The van der Waals surface area contributed by atoms with Crippen LogP contribution in [-0.4, -0.2) is 103 Å². The summed E-state index contributed by atoms with van der Waals surface area (Å²) in [6.45, 7) is 15.9. The van der Waals surface area contributed by atoms with Crippen molar-refractivity contribution in [2.24, 2.45) is 11.3 Å². The fraction of sp³-hybridized carbons (Fsp3) is 0.579. The number of carbonyl (C=O) groups is 2. The Morgan fingerprint density at radius 3 is 2.53 bits per heavy atom. The highest BCUT2D eigenvalue weighted by molar-refractivity contribution is 5.87. The lowest BCUT2D eigenvalue weighted by molar-refractivity contribution is -0.143. The summed E-state index contributed by atoms with van der Waals surface area (Å²) < 4.78 is 9.83. The van der Waals surface area contributed by atoms with Gasteiger partial charge in [-0.2, -0.15) is 4.98 Å². The number of amides is 1. The molecule has 0 radical (unpaired) electrons. The minimum Gasteiger partial charge on any atom is -0.496 e. The molecule has 1 unspecified atom stereocenters. The van der Waals surface area contributed by atoms with E-state index in [9.17, 15) is 14.7 Å². The van der Waals surface area contributed by atoms with E-state index in [1.807, 2.05) is 39.2 Å². The van der Waals surface area contributed by atoms with Gasteiger partial charge in [0.25, 0.3) is 0 Å². The molecule has 53 heavy (non-hydrogen) atoms. The Hall–Kier alpha value is -4.76. The first-order valence-electron chi connectivity index (χ1n) is 18.8. The Labute approximate surface area is 312 Å². The molecule has 288 valence electrons. The Morgan fingerprint density at radius 2 is 1.81 bits per heavy atom. The number of rotatable bonds is 20. The van der Waals surface area contributed by atoms with E-state index in [1.54, 1.807) is 11.8 Å². The summed E-state index contributed by atoms with van der Waals surface area (Å²) in [4.78, 5) is 38.2. The molecule has 1 atom stereocenters. The van der Waals surface area contributed by atoms with Gasteiger partial charge >= 0.3 is 5.97 Å². The SMILES string of the molecule is CCCCCNc1nc(N)nc2ccn(Cc3ccc(CN4CCN(CCn5cc(CNC(=O)C(CC(=O)O)C(C)(C)CC)nn5)CC4)cc3OC)c12. The number of aliphatic carboxylic acids is 1. The number of carboxylic acids is 1. The topological polar surface area (TPSA) is 182 Å². The summed E-state index contributed by atoms with van der Waals surface area (Å²) in [6.07, 6.45) is 7.75. The molecule has 15 nitrogen and oxygen atoms in total. The van der Waals surface area contributed by atoms with E-state index in [0.29, 0.717) is 25.2 Å². The summed E-state index contributed by atoms with van der Waals surface area (Å²) in [5.74, 6) is 0.0118. The maximum Gasteiger partial charge on any atom is 0.304 e. The first-order valence-corrected chi connectivity index (χ1v) is 18.8. The average molecular weight is 732 g/mol. The van der Waals surface area contributed by atoms with Crippen LogP contribution in [0.15, 0.2) is 36.7 Å². The van der Waals surface area contributed by atoms with Crippen LogP contribution in [0.3, 0.4) is 0 Å². The molecule has 0 aliphatic carbocycles. The van der Waals surface area contributed by atoms with Crippen molar-refractivity contribution in [3.05, 3.63) is 53.5 Å². The second-order valence-electron chi connectivity index (χ2n) is 14.7. The largest absolute Gasteiger partial charge is 0.496 e. The predicted molar refractivity (Wildman–Crippen MR) is 205 cm³/mol. The molecule has 4 aromatic rings. The zero-order valence-electron chi connectivity index (χ0n) is 32.0. The zero-order valence-corrected chi connectivity index (χ0v) is 32.0. The Balaban J connectivity index is 1.09. The van der Waals surface area contributed by atoms with Gasteiger partial charge < -0.3 is 30.8 Å². The standard InChI is InChI=1S/C38H57N11O4/c1-6-8-9-13-40-35-34-31(42-37(39)43-35)12-14-48(34)25-28-11-10-27(21-32(28)53-5)24-47-17-15-46(16-18-47)19-20-49-26-29(44-45-49)23-41-36(52)30(22-33(50)51)38(3,4)7-2/h10-12,14,21,26,30H,6-9,13,15-20,22-25H2,1-5H3,(H,41,52)(H,50,51)(H3,39,40,42,43). The molecule has 3 aromatic heterocycles. The van der Waals surface area contributed by atoms with Gasteiger partial charge in [-0.3, -0.25) is 24.1 Å². The number of unbranched alkanes of at least 4 members (excludes halogenated alkanes) is 2. The highest BCUT2D eigenvalue weighted by Crippen LogP contribution is 2.33. The van der Waals surface area contributed by atoms with Crippen molar-refractivity contribution in [3.63, 3.8) is 0 Å². The van der Waals surface area contributed by atoms with Crippen molar-refractivity contribution < 1.29 is 19.4 Å². The van der Waals surface area contributed by atoms with E-state index >= 15 is 0 Å². The molecule has 5 rings (SSSR count). The first kappa shape index (κ1) is 39.4. The summed E-state index contributed by atoms with van der Waals surface area (Å²) in [5.41, 5.74) is 10.3. The lowest BCUT2D eigenvalue weighted by Crippen LogP contribution is -2.46. The van der Waals surface area contributed by atoms with Gasteiger partial charge in [-0.1, -0.05) is 64.3 Å². The van der Waals surface area contributed by atoms with Crippen LogP contribution >= 0.6 is 0 Å². The summed E-state index contributed by atoms with van der Waals surface area (Å²) in [7, 11) is 1.72. The van der Waals surface area contributed by atoms with E-state index in [2.05, 4.69) is 70.4 Å². The fourth-order valence-corrected chi connectivity index (χ4v) is 6.81. The molecule has 4 heterocycles. The van der Waals surface area contributed by atoms with Crippen LogP contribution in [0.1, 0.15) is 76.6 Å². The Morgan fingerprint density at radius 1 is 1.04 bits per heavy atom. The van der Waals surface area contributed by atoms with Gasteiger partial charge in [0.1, 0.15) is 17.0 Å². The maximum atomic E-state index is 12.9. The third-order valence-corrected chi connectivity index (χ3v) is 10.5. The van der Waals surface area contributed by atoms with Crippen molar-refractivity contribution in [1.29, 1.82) is 0 Å². The molecule has 0 spiro atoms. The third kappa shape index (κ3) is 10.7. The number of hydrogen-bond donors (Lipinski definition) is 4. The van der Waals surface area contributed by atoms with Gasteiger partial charge in [-0.15, -0.1) is 5.10 Å². The smallest absolute Gasteiger partial charge is 0.304 e. The molecule has 1 fully saturated rings. The van der Waals surface area contributed by atoms with E-state index in [-0.39, 0.29) is 24.8 Å². The van der Waals surface area contributed by atoms with Crippen molar-refractivity contribution >= 4 is 34.7 Å². The summed E-state index contributed by atoms with van der Waals surface area (Å²) >= 11 is 0. The molecule has 1 amide bonds. The normalized spacial score (nSPS) is 14.7. The van der Waals surface area contributed by atoms with Crippen LogP contribution in [0.5, 0.6) is 5.75 Å². The van der Waals surface area contributed by atoms with Crippen molar-refractivity contribution in [3.8, 4) is 5.75 Å². The minimum absolute atomic E-state index is 0.203. The lowest BCUT2D eigenvalue weighted by Gasteiger charge is -2.34. The van der Waals surface area contributed by atoms with Gasteiger partial charge in [0.15, 0.2) is 5.82 Å². The molecular formula is C38H57N11O4. The molecule has 1 saturated heterocycles. The summed E-state index contributed by atoms with van der Waals surface area (Å²) in [6, 6.07) is 8.47. The van der Waals surface area contributed by atoms with Gasteiger partial charge in [0.05, 0.1) is 50.8 Å². The molecule has 1 aromatic carbocycles. The molecule has 15 heteroatoms. The van der Waals surface area contributed by atoms with Gasteiger partial charge in [-0.05, 0) is 29.5 Å². The Bertz CT molecular complexity index is 1810. The van der Waals surface area contributed by atoms with Gasteiger partial charge in [-0.25, -0.2) is 4.98 Å². The number of ether oxygens (including phenoxy) is 1. The fourth-order valence-electron chi connectivity index (χ4n) is 6.81. The number of nitrogens with two attached hydrogens (primary N) is 1. The number of fused-ring (bicyclic) bond motifs is 1. The number of carbonyl (C=O) groups excluding carboxylic acids is 1. The van der Waals surface area contributed by atoms with Crippen molar-refractivity contribution in [2.45, 2.75) is 86.0 Å². The number of hydrogen-bond acceptors (Lipinski definition) is 11. The van der Waals surface area contributed by atoms with Crippen molar-refractivity contribution in [1.82, 2.24) is 44.6 Å². The third-order valence-electron chi connectivity index (χ3n) is 10.5. The van der Waals surface area contributed by atoms with Crippen LogP contribution in [0.2, 0.25) is 0 Å². The molecule has 0 saturated carbocycles. The number of methoxy groups -OCH3 is 1. The van der Waals surface area contributed by atoms with E-state index in [0.717, 1.165) is 93.2 Å². The van der Waals surface area contributed by atoms with E-state index in [1.165, 1.54) is 5.56 Å². The number of nitrogens with one attached hydrogen (secondary N) is 2. The lowest BCUT2D eigenvalue weighted by atomic mass is 9.74. The average Bonchev–Trinajstić information content (AvgIpc) is 3.78. The second-order valence-corrected chi connectivity index (χ2v) is 14.7. The molecule has 5 N–H and O–H groups in total. The van der Waals surface area contributed by atoms with Crippen LogP contribution in [0.4, 0.5) is 11.8 Å². The van der Waals surface area contributed by atoms with Crippen LogP contribution < -0.4 is 21.1 Å². The number of aromatic nitrogens is 6. The molecular weight excluding hydrogens is 674 g/mol. The van der Waals surface area contributed by atoms with E-state index < -0.39 is 17.3 Å². The zero-order chi connectivity index (χ0) is 38.0. The second kappa shape index (κ2) is 18.3. The molecule has 1 aliphatic rings. The van der Waals surface area contributed by atoms with Gasteiger partial charge in [0, 0.05) is 57.6 Å². The van der Waals surface area contributed by atoms with Crippen molar-refractivity contribution in [2.75, 3.05) is 57.4 Å². The minimum atomic E-state index is -0.978. The number of benzene rings is 1. The number of piperazine rings is 1. The Kier molecular flexibility index (Phi) is 13.6. The van der Waals surface area contributed by atoms with Crippen LogP contribution in [-0.2, 0) is 35.8 Å². The first-order chi connectivity index (χ1) is 25.5. The number of anilines is 2. The molecule has 0 bridgehead atoms. The van der Waals surface area contributed by atoms with Crippen LogP contribution in [0, 0.1) is 11.3 Å². The van der Waals surface area contributed by atoms with Gasteiger partial charge in [0.2, 0.25) is 11.9 Å². The van der Waals surface area contributed by atoms with Crippen LogP contribution in [0.25, 0.3) is 11.0 Å².